The molecule has 0 heterocycles. The maximum absolute atomic E-state index is 6.15. The average molecular weight is 359 g/mol. The van der Waals surface area contributed by atoms with E-state index >= 15 is 0 Å². The number of rotatable bonds is 4. The second-order valence-corrected chi connectivity index (χ2v) is 6.09. The molecule has 0 aliphatic rings. The second kappa shape index (κ2) is 6.76. The molecule has 4 heteroatoms. The molecule has 1 N–H and O–H groups in total. The Morgan fingerprint density at radius 1 is 1.11 bits per heavy atom. The third kappa shape index (κ3) is 3.96. The molecule has 0 aliphatic heterocycles. The van der Waals surface area contributed by atoms with Gasteiger partial charge in [-0.1, -0.05) is 57.3 Å². The normalized spacial score (nSPS) is 12.4. The van der Waals surface area contributed by atoms with Crippen molar-refractivity contribution in [1.29, 1.82) is 0 Å². The molecule has 2 aromatic rings. The molecule has 2 rings (SSSR count). The minimum atomic E-state index is 0.227. The Bertz CT molecular complexity index is 552. The van der Waals surface area contributed by atoms with E-state index in [4.69, 9.17) is 23.2 Å². The second-order valence-electron chi connectivity index (χ2n) is 4.36. The molecule has 0 aliphatic carbocycles. The standard InChI is InChI=1S/C15H14BrCl2N/c1-10(11-4-2-5-12(16)8-11)19-9-13-14(17)6-3-7-15(13)18/h2-8,10,19H,9H2,1H3/t10-/m1/s1. The smallest absolute Gasteiger partial charge is 0.0465 e. The molecule has 1 atom stereocenters. The highest BCUT2D eigenvalue weighted by Crippen LogP contribution is 2.25. The highest BCUT2D eigenvalue weighted by atomic mass is 79.9. The van der Waals surface area contributed by atoms with E-state index in [0.29, 0.717) is 16.6 Å². The van der Waals surface area contributed by atoms with Gasteiger partial charge in [0, 0.05) is 32.7 Å². The summed E-state index contributed by atoms with van der Waals surface area (Å²) in [5, 5.41) is 4.83. The van der Waals surface area contributed by atoms with Crippen LogP contribution >= 0.6 is 39.1 Å². The van der Waals surface area contributed by atoms with Gasteiger partial charge in [0.1, 0.15) is 0 Å². The Morgan fingerprint density at radius 2 is 1.74 bits per heavy atom. The Morgan fingerprint density at radius 3 is 2.37 bits per heavy atom. The van der Waals surface area contributed by atoms with Crippen molar-refractivity contribution in [2.75, 3.05) is 0 Å². The molecule has 2 aromatic carbocycles. The van der Waals surface area contributed by atoms with E-state index in [2.05, 4.69) is 40.3 Å². The molecular weight excluding hydrogens is 345 g/mol. The fourth-order valence-corrected chi connectivity index (χ4v) is 2.80. The van der Waals surface area contributed by atoms with Crippen LogP contribution in [-0.4, -0.2) is 0 Å². The van der Waals surface area contributed by atoms with Crippen LogP contribution < -0.4 is 5.32 Å². The Balaban J connectivity index is 2.06. The van der Waals surface area contributed by atoms with Gasteiger partial charge in [-0.15, -0.1) is 0 Å². The first kappa shape index (κ1) is 14.9. The average Bonchev–Trinajstić information content (AvgIpc) is 2.38. The summed E-state index contributed by atoms with van der Waals surface area (Å²) in [6, 6.07) is 14.0. The lowest BCUT2D eigenvalue weighted by Crippen LogP contribution is -2.18. The number of hydrogen-bond donors (Lipinski definition) is 1. The summed E-state index contributed by atoms with van der Waals surface area (Å²) in [5.41, 5.74) is 2.16. The maximum Gasteiger partial charge on any atom is 0.0465 e. The minimum Gasteiger partial charge on any atom is -0.306 e. The minimum absolute atomic E-state index is 0.227. The topological polar surface area (TPSA) is 12.0 Å². The largest absolute Gasteiger partial charge is 0.306 e. The van der Waals surface area contributed by atoms with Gasteiger partial charge in [-0.3, -0.25) is 0 Å². The van der Waals surface area contributed by atoms with E-state index in [9.17, 15) is 0 Å². The van der Waals surface area contributed by atoms with E-state index in [1.54, 1.807) is 0 Å². The summed E-state index contributed by atoms with van der Waals surface area (Å²) in [6.45, 7) is 2.76. The quantitative estimate of drug-likeness (QED) is 0.749. The third-order valence-corrected chi connectivity index (χ3v) is 4.20. The van der Waals surface area contributed by atoms with Crippen LogP contribution in [0.2, 0.25) is 10.0 Å². The number of benzene rings is 2. The van der Waals surface area contributed by atoms with Gasteiger partial charge in [-0.25, -0.2) is 0 Å². The van der Waals surface area contributed by atoms with Crippen LogP contribution in [0.4, 0.5) is 0 Å². The van der Waals surface area contributed by atoms with E-state index < -0.39 is 0 Å². The number of hydrogen-bond acceptors (Lipinski definition) is 1. The molecule has 0 unspecified atom stereocenters. The first-order valence-corrected chi connectivity index (χ1v) is 7.54. The molecule has 0 bridgehead atoms. The Labute approximate surface area is 132 Å². The predicted octanol–water partition coefficient (Wildman–Crippen LogP) is 5.61. The zero-order valence-corrected chi connectivity index (χ0v) is 13.6. The van der Waals surface area contributed by atoms with Gasteiger partial charge in [0.25, 0.3) is 0 Å². The summed E-state index contributed by atoms with van der Waals surface area (Å²) >= 11 is 15.8. The Kier molecular flexibility index (Phi) is 5.28. The van der Waals surface area contributed by atoms with Crippen LogP contribution in [0.15, 0.2) is 46.9 Å². The summed E-state index contributed by atoms with van der Waals surface area (Å²) in [7, 11) is 0. The molecule has 19 heavy (non-hydrogen) atoms. The molecule has 1 nitrogen and oxygen atoms in total. The highest BCUT2D eigenvalue weighted by Gasteiger charge is 2.09. The van der Waals surface area contributed by atoms with Crippen LogP contribution in [0.5, 0.6) is 0 Å². The maximum atomic E-state index is 6.15. The molecule has 0 aromatic heterocycles. The van der Waals surface area contributed by atoms with Crippen LogP contribution in [0.1, 0.15) is 24.1 Å². The van der Waals surface area contributed by atoms with Crippen LogP contribution in [0.25, 0.3) is 0 Å². The lowest BCUT2D eigenvalue weighted by Gasteiger charge is -2.16. The van der Waals surface area contributed by atoms with Crippen molar-refractivity contribution >= 4 is 39.1 Å². The summed E-state index contributed by atoms with van der Waals surface area (Å²) < 4.78 is 1.08. The summed E-state index contributed by atoms with van der Waals surface area (Å²) in [6.07, 6.45) is 0. The van der Waals surface area contributed by atoms with Gasteiger partial charge < -0.3 is 5.32 Å². The van der Waals surface area contributed by atoms with Crippen LogP contribution in [0, 0.1) is 0 Å². The van der Waals surface area contributed by atoms with Crippen LogP contribution in [0.3, 0.4) is 0 Å². The van der Waals surface area contributed by atoms with Gasteiger partial charge in [-0.05, 0) is 36.8 Å². The van der Waals surface area contributed by atoms with Crippen molar-refractivity contribution in [3.8, 4) is 0 Å². The zero-order valence-electron chi connectivity index (χ0n) is 10.5. The van der Waals surface area contributed by atoms with Gasteiger partial charge in [0.05, 0.1) is 0 Å². The fraction of sp³-hybridized carbons (Fsp3) is 0.200. The first-order valence-electron chi connectivity index (χ1n) is 5.99. The molecule has 0 amide bonds. The fourth-order valence-electron chi connectivity index (χ4n) is 1.85. The monoisotopic (exact) mass is 357 g/mol. The molecule has 0 saturated heterocycles. The van der Waals surface area contributed by atoms with E-state index in [0.717, 1.165) is 10.0 Å². The van der Waals surface area contributed by atoms with Crippen molar-refractivity contribution < 1.29 is 0 Å². The van der Waals surface area contributed by atoms with Crippen molar-refractivity contribution in [2.45, 2.75) is 19.5 Å². The van der Waals surface area contributed by atoms with E-state index in [-0.39, 0.29) is 6.04 Å². The molecule has 0 radical (unpaired) electrons. The molecule has 0 saturated carbocycles. The van der Waals surface area contributed by atoms with Crippen molar-refractivity contribution in [3.05, 3.63) is 68.1 Å². The van der Waals surface area contributed by atoms with Crippen molar-refractivity contribution in [2.24, 2.45) is 0 Å². The number of halogens is 3. The zero-order chi connectivity index (χ0) is 13.8. The Hall–Kier alpha value is -0.540. The third-order valence-electron chi connectivity index (χ3n) is 3.00. The number of nitrogens with one attached hydrogen (secondary N) is 1. The van der Waals surface area contributed by atoms with Gasteiger partial charge in [0.15, 0.2) is 0 Å². The summed E-state index contributed by atoms with van der Waals surface area (Å²) in [5.74, 6) is 0. The highest BCUT2D eigenvalue weighted by molar-refractivity contribution is 9.10. The first-order chi connectivity index (χ1) is 9.08. The van der Waals surface area contributed by atoms with Crippen LogP contribution in [-0.2, 0) is 6.54 Å². The van der Waals surface area contributed by atoms with Gasteiger partial charge in [0.2, 0.25) is 0 Å². The molecular formula is C15H14BrCl2N. The predicted molar refractivity (Wildman–Crippen MR) is 85.9 cm³/mol. The van der Waals surface area contributed by atoms with E-state index in [1.807, 2.05) is 30.3 Å². The van der Waals surface area contributed by atoms with E-state index in [1.165, 1.54) is 5.56 Å². The van der Waals surface area contributed by atoms with Gasteiger partial charge in [-0.2, -0.15) is 0 Å². The molecule has 0 spiro atoms. The molecule has 0 fully saturated rings. The SMILES string of the molecule is C[C@@H](NCc1c(Cl)cccc1Cl)c1cccc(Br)c1. The molecule has 100 valence electrons. The van der Waals surface area contributed by atoms with Crippen molar-refractivity contribution in [3.63, 3.8) is 0 Å². The van der Waals surface area contributed by atoms with Crippen molar-refractivity contribution in [1.82, 2.24) is 5.32 Å². The summed E-state index contributed by atoms with van der Waals surface area (Å²) in [4.78, 5) is 0. The lowest BCUT2D eigenvalue weighted by atomic mass is 10.1. The van der Waals surface area contributed by atoms with Gasteiger partial charge >= 0.3 is 0 Å². The lowest BCUT2D eigenvalue weighted by molar-refractivity contribution is 0.574.